The van der Waals surface area contributed by atoms with Crippen molar-refractivity contribution in [1.82, 2.24) is 5.32 Å². The van der Waals surface area contributed by atoms with Gasteiger partial charge in [-0.3, -0.25) is 4.79 Å². The van der Waals surface area contributed by atoms with Gasteiger partial charge in [-0.25, -0.2) is 4.79 Å². The van der Waals surface area contributed by atoms with E-state index in [0.29, 0.717) is 23.6 Å². The molecule has 0 saturated carbocycles. The van der Waals surface area contributed by atoms with Gasteiger partial charge < -0.3 is 19.5 Å². The number of fused-ring (bicyclic) bond motifs is 1. The highest BCUT2D eigenvalue weighted by Crippen LogP contribution is 2.47. The van der Waals surface area contributed by atoms with Crippen molar-refractivity contribution in [1.29, 1.82) is 0 Å². The van der Waals surface area contributed by atoms with E-state index in [1.165, 1.54) is 0 Å². The lowest BCUT2D eigenvalue weighted by Gasteiger charge is -2.29. The Kier molecular flexibility index (Phi) is 3.47. The van der Waals surface area contributed by atoms with Crippen molar-refractivity contribution in [3.63, 3.8) is 0 Å². The van der Waals surface area contributed by atoms with Crippen LogP contribution >= 0.6 is 15.9 Å². The Balaban J connectivity index is 1.90. The molecule has 0 unspecified atom stereocenters. The number of rotatable bonds is 1. The van der Waals surface area contributed by atoms with Crippen LogP contribution in [0.1, 0.15) is 37.3 Å². The van der Waals surface area contributed by atoms with Crippen LogP contribution in [-0.4, -0.2) is 24.3 Å². The number of amides is 1. The van der Waals surface area contributed by atoms with Crippen molar-refractivity contribution in [2.75, 3.05) is 6.79 Å². The standard InChI is InChI=1S/C17H16BrNO5/c1-17(2)15-13(16(21)24-17)10(5-12(20)19-15)11-4-9(18)3-8-6-22-7-23-14(8)11/h3-4,10H,5-7H2,1-2H3,(H,19,20)/t10-/m0/s1. The second kappa shape index (κ2) is 5.32. The third-order valence-corrected chi connectivity index (χ3v) is 4.98. The maximum absolute atomic E-state index is 12.5. The summed E-state index contributed by atoms with van der Waals surface area (Å²) in [4.78, 5) is 24.7. The van der Waals surface area contributed by atoms with Crippen LogP contribution in [0, 0.1) is 0 Å². The maximum Gasteiger partial charge on any atom is 0.337 e. The molecule has 0 aliphatic carbocycles. The van der Waals surface area contributed by atoms with Gasteiger partial charge in [-0.1, -0.05) is 15.9 Å². The average molecular weight is 394 g/mol. The molecule has 7 heteroatoms. The van der Waals surface area contributed by atoms with Crippen LogP contribution in [0.3, 0.4) is 0 Å². The molecule has 0 spiro atoms. The van der Waals surface area contributed by atoms with Crippen LogP contribution in [0.5, 0.6) is 5.75 Å². The zero-order chi connectivity index (χ0) is 17.1. The lowest BCUT2D eigenvalue weighted by Crippen LogP contribution is -2.38. The quantitative estimate of drug-likeness (QED) is 0.742. The number of benzene rings is 1. The number of ether oxygens (including phenoxy) is 3. The van der Waals surface area contributed by atoms with Crippen LogP contribution in [0.2, 0.25) is 0 Å². The largest absolute Gasteiger partial charge is 0.467 e. The van der Waals surface area contributed by atoms with E-state index in [1.54, 1.807) is 13.8 Å². The molecule has 0 aromatic heterocycles. The van der Waals surface area contributed by atoms with Crippen molar-refractivity contribution in [2.45, 2.75) is 38.4 Å². The molecular weight excluding hydrogens is 378 g/mol. The SMILES string of the molecule is CC1(C)OC(=O)C2=C1NC(=O)C[C@H]2c1cc(Br)cc2c1OCOC2. The van der Waals surface area contributed by atoms with Gasteiger partial charge in [-0.05, 0) is 26.0 Å². The number of hydrogen-bond acceptors (Lipinski definition) is 5. The zero-order valence-electron chi connectivity index (χ0n) is 13.3. The molecule has 24 heavy (non-hydrogen) atoms. The van der Waals surface area contributed by atoms with Gasteiger partial charge in [0.05, 0.1) is 17.9 Å². The molecule has 1 aromatic rings. The third kappa shape index (κ3) is 2.34. The summed E-state index contributed by atoms with van der Waals surface area (Å²) in [6, 6.07) is 3.82. The van der Waals surface area contributed by atoms with E-state index in [4.69, 9.17) is 14.2 Å². The van der Waals surface area contributed by atoms with Crippen LogP contribution in [-0.2, 0) is 25.7 Å². The molecule has 0 bridgehead atoms. The fourth-order valence-corrected chi connectivity index (χ4v) is 4.03. The molecule has 6 nitrogen and oxygen atoms in total. The molecule has 1 N–H and O–H groups in total. The molecule has 1 atom stereocenters. The Bertz CT molecular complexity index is 798. The molecule has 3 aliphatic heterocycles. The van der Waals surface area contributed by atoms with Gasteiger partial charge in [0.1, 0.15) is 11.4 Å². The van der Waals surface area contributed by atoms with Crippen LogP contribution < -0.4 is 10.1 Å². The van der Waals surface area contributed by atoms with Gasteiger partial charge in [-0.15, -0.1) is 0 Å². The second-order valence-corrected chi connectivity index (χ2v) is 7.50. The molecule has 0 saturated heterocycles. The third-order valence-electron chi connectivity index (χ3n) is 4.52. The molecule has 0 fully saturated rings. The summed E-state index contributed by atoms with van der Waals surface area (Å²) in [5, 5.41) is 2.81. The molecular formula is C17H16BrNO5. The summed E-state index contributed by atoms with van der Waals surface area (Å²) in [7, 11) is 0. The summed E-state index contributed by atoms with van der Waals surface area (Å²) >= 11 is 3.49. The maximum atomic E-state index is 12.5. The predicted octanol–water partition coefficient (Wildman–Crippen LogP) is 2.51. The van der Waals surface area contributed by atoms with E-state index >= 15 is 0 Å². The number of hydrogen-bond donors (Lipinski definition) is 1. The minimum absolute atomic E-state index is 0.133. The summed E-state index contributed by atoms with van der Waals surface area (Å²) in [6.07, 6.45) is 0.178. The smallest absolute Gasteiger partial charge is 0.337 e. The lowest BCUT2D eigenvalue weighted by molar-refractivity contribution is -0.144. The van der Waals surface area contributed by atoms with Crippen molar-refractivity contribution in [3.8, 4) is 5.75 Å². The highest BCUT2D eigenvalue weighted by atomic mass is 79.9. The fourth-order valence-electron chi connectivity index (χ4n) is 3.51. The molecule has 0 radical (unpaired) electrons. The Morgan fingerprint density at radius 2 is 2.08 bits per heavy atom. The van der Waals surface area contributed by atoms with Crippen LogP contribution in [0.4, 0.5) is 0 Å². The fraction of sp³-hybridized carbons (Fsp3) is 0.412. The van der Waals surface area contributed by atoms with Crippen molar-refractivity contribution >= 4 is 27.8 Å². The number of nitrogens with one attached hydrogen (secondary N) is 1. The van der Waals surface area contributed by atoms with Crippen molar-refractivity contribution in [3.05, 3.63) is 39.0 Å². The number of halogens is 1. The zero-order valence-corrected chi connectivity index (χ0v) is 14.9. The van der Waals surface area contributed by atoms with Crippen LogP contribution in [0.25, 0.3) is 0 Å². The monoisotopic (exact) mass is 393 g/mol. The molecule has 4 rings (SSSR count). The van der Waals surface area contributed by atoms with Crippen molar-refractivity contribution in [2.24, 2.45) is 0 Å². The first kappa shape index (κ1) is 15.7. The van der Waals surface area contributed by atoms with Crippen molar-refractivity contribution < 1.29 is 23.8 Å². The molecule has 3 aliphatic rings. The van der Waals surface area contributed by atoms with Gasteiger partial charge in [-0.2, -0.15) is 0 Å². The Morgan fingerprint density at radius 1 is 1.29 bits per heavy atom. The predicted molar refractivity (Wildman–Crippen MR) is 87.1 cm³/mol. The molecule has 1 amide bonds. The highest BCUT2D eigenvalue weighted by molar-refractivity contribution is 9.10. The number of carbonyl (C=O) groups is 2. The van der Waals surface area contributed by atoms with Crippen LogP contribution in [0.15, 0.2) is 27.9 Å². The summed E-state index contributed by atoms with van der Waals surface area (Å²) in [5.74, 6) is -0.229. The summed E-state index contributed by atoms with van der Waals surface area (Å²) in [6.45, 7) is 4.14. The summed E-state index contributed by atoms with van der Waals surface area (Å²) < 4.78 is 17.3. The first-order chi connectivity index (χ1) is 11.4. The number of esters is 1. The lowest BCUT2D eigenvalue weighted by atomic mass is 9.82. The topological polar surface area (TPSA) is 73.9 Å². The van der Waals surface area contributed by atoms with E-state index in [2.05, 4.69) is 21.2 Å². The molecule has 126 valence electrons. The number of carbonyl (C=O) groups excluding carboxylic acids is 2. The van der Waals surface area contributed by atoms with Gasteiger partial charge >= 0.3 is 5.97 Å². The Labute approximate surface area is 147 Å². The average Bonchev–Trinajstić information content (AvgIpc) is 2.75. The minimum atomic E-state index is -0.837. The first-order valence-corrected chi connectivity index (χ1v) is 8.47. The summed E-state index contributed by atoms with van der Waals surface area (Å²) in [5.41, 5.74) is 1.92. The van der Waals surface area contributed by atoms with Gasteiger partial charge in [0.2, 0.25) is 5.91 Å². The van der Waals surface area contributed by atoms with E-state index in [0.717, 1.165) is 15.6 Å². The Hall–Kier alpha value is -1.86. The first-order valence-electron chi connectivity index (χ1n) is 7.67. The Morgan fingerprint density at radius 3 is 2.88 bits per heavy atom. The second-order valence-electron chi connectivity index (χ2n) is 6.59. The van der Waals surface area contributed by atoms with E-state index < -0.39 is 11.5 Å². The minimum Gasteiger partial charge on any atom is -0.467 e. The highest BCUT2D eigenvalue weighted by Gasteiger charge is 2.48. The van der Waals surface area contributed by atoms with E-state index in [-0.39, 0.29) is 25.1 Å². The van der Waals surface area contributed by atoms with E-state index in [9.17, 15) is 9.59 Å². The van der Waals surface area contributed by atoms with Gasteiger partial charge in [0.15, 0.2) is 6.79 Å². The van der Waals surface area contributed by atoms with Gasteiger partial charge in [0.25, 0.3) is 0 Å². The van der Waals surface area contributed by atoms with E-state index in [1.807, 2.05) is 12.1 Å². The van der Waals surface area contributed by atoms with Gasteiger partial charge in [0, 0.05) is 27.9 Å². The molecule has 3 heterocycles. The molecule has 1 aromatic carbocycles. The normalized spacial score (nSPS) is 24.7. The number of cyclic esters (lactones) is 1.